The molecule has 3 heterocycles. The lowest BCUT2D eigenvalue weighted by Crippen LogP contribution is -2.13. The lowest BCUT2D eigenvalue weighted by molar-refractivity contribution is -0.141. The van der Waals surface area contributed by atoms with Gasteiger partial charge in [-0.25, -0.2) is 19.6 Å². The molecule has 0 aliphatic heterocycles. The molecule has 9 heteroatoms. The Kier molecular flexibility index (Phi) is 4.79. The van der Waals surface area contributed by atoms with E-state index in [0.29, 0.717) is 11.5 Å². The quantitative estimate of drug-likeness (QED) is 0.661. The first-order valence-electron chi connectivity index (χ1n) is 8.69. The molecule has 0 saturated carbocycles. The van der Waals surface area contributed by atoms with Crippen LogP contribution >= 0.6 is 11.3 Å². The number of hydrogen-bond donors (Lipinski definition) is 1. The smallest absolute Gasteiger partial charge is 0.327 e. The van der Waals surface area contributed by atoms with E-state index in [1.165, 1.54) is 53.0 Å². The Morgan fingerprint density at radius 2 is 2.23 bits per heavy atom. The van der Waals surface area contributed by atoms with Crippen molar-refractivity contribution >= 4 is 34.2 Å². The van der Waals surface area contributed by atoms with Crippen molar-refractivity contribution in [3.63, 3.8) is 0 Å². The van der Waals surface area contributed by atoms with Gasteiger partial charge in [0.1, 0.15) is 18.7 Å². The second-order valence-corrected chi connectivity index (χ2v) is 7.37. The molecule has 136 valence electrons. The summed E-state index contributed by atoms with van der Waals surface area (Å²) in [4.78, 5) is 26.2. The van der Waals surface area contributed by atoms with Crippen molar-refractivity contribution in [1.29, 1.82) is 0 Å². The van der Waals surface area contributed by atoms with Crippen LogP contribution in [0.25, 0.3) is 11.0 Å². The first-order valence-corrected chi connectivity index (χ1v) is 9.51. The van der Waals surface area contributed by atoms with E-state index < -0.39 is 0 Å². The highest BCUT2D eigenvalue weighted by Gasteiger charge is 2.15. The van der Waals surface area contributed by atoms with E-state index in [0.717, 1.165) is 24.8 Å². The molecule has 0 amide bonds. The Morgan fingerprint density at radius 1 is 1.35 bits per heavy atom. The lowest BCUT2D eigenvalue weighted by atomic mass is 10.0. The molecule has 0 bridgehead atoms. The Labute approximate surface area is 154 Å². The summed E-state index contributed by atoms with van der Waals surface area (Å²) in [6.07, 6.45) is 8.83. The highest BCUT2D eigenvalue weighted by Crippen LogP contribution is 2.27. The Bertz CT molecular complexity index is 911. The van der Waals surface area contributed by atoms with E-state index in [-0.39, 0.29) is 12.5 Å². The molecule has 1 N–H and O–H groups in total. The third kappa shape index (κ3) is 3.39. The number of nitrogens with zero attached hydrogens (tertiary/aromatic N) is 5. The molecule has 0 aromatic carbocycles. The molecule has 3 aromatic rings. The third-order valence-electron chi connectivity index (χ3n) is 4.46. The van der Waals surface area contributed by atoms with Crippen molar-refractivity contribution in [1.82, 2.24) is 24.7 Å². The topological polar surface area (TPSA) is 94.8 Å². The van der Waals surface area contributed by atoms with Crippen LogP contribution in [-0.4, -0.2) is 44.4 Å². The van der Waals surface area contributed by atoms with Gasteiger partial charge in [0.05, 0.1) is 29.4 Å². The van der Waals surface area contributed by atoms with Gasteiger partial charge in [0.2, 0.25) is 0 Å². The summed E-state index contributed by atoms with van der Waals surface area (Å²) in [5.41, 5.74) is 1.90. The fraction of sp³-hybridized carbons (Fsp3) is 0.471. The molecule has 1 aliphatic carbocycles. The number of anilines is 1. The monoisotopic (exact) mass is 372 g/mol. The van der Waals surface area contributed by atoms with Crippen molar-refractivity contribution in [3.8, 4) is 0 Å². The van der Waals surface area contributed by atoms with Crippen LogP contribution < -0.4 is 5.32 Å². The highest BCUT2D eigenvalue weighted by atomic mass is 32.1. The van der Waals surface area contributed by atoms with Gasteiger partial charge >= 0.3 is 5.97 Å². The van der Waals surface area contributed by atoms with Gasteiger partial charge in [-0.15, -0.1) is 11.3 Å². The summed E-state index contributed by atoms with van der Waals surface area (Å²) in [7, 11) is 1.35. The fourth-order valence-corrected chi connectivity index (χ4v) is 4.29. The van der Waals surface area contributed by atoms with Crippen LogP contribution in [-0.2, 0) is 35.3 Å². The van der Waals surface area contributed by atoms with E-state index in [4.69, 9.17) is 4.98 Å². The zero-order chi connectivity index (χ0) is 17.9. The van der Waals surface area contributed by atoms with Crippen LogP contribution in [0.5, 0.6) is 0 Å². The number of carbonyl (C=O) groups is 1. The molecule has 0 saturated heterocycles. The Morgan fingerprint density at radius 3 is 3.08 bits per heavy atom. The zero-order valence-electron chi connectivity index (χ0n) is 14.6. The minimum Gasteiger partial charge on any atom is -0.468 e. The molecular formula is C17H20N6O2S. The second kappa shape index (κ2) is 7.36. The molecule has 4 rings (SSSR count). The number of hydrogen-bond acceptors (Lipinski definition) is 8. The average molecular weight is 372 g/mol. The van der Waals surface area contributed by atoms with Crippen LogP contribution in [0, 0.1) is 0 Å². The van der Waals surface area contributed by atoms with E-state index in [1.807, 2.05) is 11.3 Å². The number of esters is 1. The summed E-state index contributed by atoms with van der Waals surface area (Å²) >= 11 is 1.84. The number of methoxy groups -OCH3 is 1. The van der Waals surface area contributed by atoms with Crippen LogP contribution in [0.4, 0.5) is 5.82 Å². The maximum atomic E-state index is 11.5. The van der Waals surface area contributed by atoms with Gasteiger partial charge in [-0.05, 0) is 25.7 Å². The predicted molar refractivity (Wildman–Crippen MR) is 98.3 cm³/mol. The number of nitrogens with one attached hydrogen (secondary N) is 1. The molecule has 1 aliphatic rings. The largest absolute Gasteiger partial charge is 0.468 e. The molecule has 8 nitrogen and oxygen atoms in total. The number of ether oxygens (including phenoxy) is 1. The summed E-state index contributed by atoms with van der Waals surface area (Å²) in [5.74, 6) is 0.350. The lowest BCUT2D eigenvalue weighted by Gasteiger charge is -2.06. The minimum absolute atomic E-state index is 0.0289. The zero-order valence-corrected chi connectivity index (χ0v) is 15.4. The number of rotatable bonds is 6. The number of aryl methyl sites for hydroxylation is 2. The van der Waals surface area contributed by atoms with Gasteiger partial charge in [0.25, 0.3) is 0 Å². The normalized spacial score (nSPS) is 13.6. The van der Waals surface area contributed by atoms with Gasteiger partial charge in [0, 0.05) is 17.8 Å². The number of thiazole rings is 1. The summed E-state index contributed by atoms with van der Waals surface area (Å²) < 4.78 is 6.20. The highest BCUT2D eigenvalue weighted by molar-refractivity contribution is 7.11. The van der Waals surface area contributed by atoms with Crippen molar-refractivity contribution in [2.24, 2.45) is 0 Å². The van der Waals surface area contributed by atoms with E-state index >= 15 is 0 Å². The number of fused-ring (bicyclic) bond motifs is 2. The molecule has 3 aromatic heterocycles. The van der Waals surface area contributed by atoms with Crippen molar-refractivity contribution < 1.29 is 9.53 Å². The van der Waals surface area contributed by atoms with Crippen LogP contribution in [0.3, 0.4) is 0 Å². The van der Waals surface area contributed by atoms with Crippen molar-refractivity contribution in [2.75, 3.05) is 19.0 Å². The second-order valence-electron chi connectivity index (χ2n) is 6.20. The van der Waals surface area contributed by atoms with Crippen LogP contribution in [0.1, 0.15) is 28.4 Å². The average Bonchev–Trinajstić information content (AvgIpc) is 3.26. The van der Waals surface area contributed by atoms with Gasteiger partial charge in [-0.2, -0.15) is 5.10 Å². The number of carbonyl (C=O) groups excluding carboxylic acids is 1. The molecule has 0 atom stereocenters. The third-order valence-corrected chi connectivity index (χ3v) is 5.68. The van der Waals surface area contributed by atoms with Crippen molar-refractivity contribution in [2.45, 2.75) is 38.6 Å². The van der Waals surface area contributed by atoms with Gasteiger partial charge < -0.3 is 10.1 Å². The Hall–Kier alpha value is -2.55. The van der Waals surface area contributed by atoms with E-state index in [9.17, 15) is 4.79 Å². The van der Waals surface area contributed by atoms with Gasteiger partial charge in [0.15, 0.2) is 5.65 Å². The minimum atomic E-state index is -0.365. The predicted octanol–water partition coefficient (Wildman–Crippen LogP) is 1.99. The SMILES string of the molecule is COC(=O)Cn1ncc2c(NCCc3nc4c(s3)CCCC4)ncnc21. The maximum Gasteiger partial charge on any atom is 0.327 e. The first kappa shape index (κ1) is 16.9. The summed E-state index contributed by atoms with van der Waals surface area (Å²) in [6, 6.07) is 0. The van der Waals surface area contributed by atoms with Gasteiger partial charge in [-0.1, -0.05) is 0 Å². The molecule has 0 fully saturated rings. The number of aromatic nitrogens is 5. The molecule has 0 unspecified atom stereocenters. The maximum absolute atomic E-state index is 11.5. The summed E-state index contributed by atoms with van der Waals surface area (Å²) in [5, 5.41) is 9.52. The summed E-state index contributed by atoms with van der Waals surface area (Å²) in [6.45, 7) is 0.766. The van der Waals surface area contributed by atoms with Crippen molar-refractivity contribution in [3.05, 3.63) is 28.1 Å². The van der Waals surface area contributed by atoms with Gasteiger partial charge in [-0.3, -0.25) is 4.79 Å². The first-order chi connectivity index (χ1) is 12.7. The fourth-order valence-electron chi connectivity index (χ4n) is 3.14. The molecule has 26 heavy (non-hydrogen) atoms. The van der Waals surface area contributed by atoms with E-state index in [1.54, 1.807) is 6.20 Å². The molecule has 0 spiro atoms. The van der Waals surface area contributed by atoms with Crippen LogP contribution in [0.2, 0.25) is 0 Å². The Balaban J connectivity index is 1.44. The van der Waals surface area contributed by atoms with Crippen LogP contribution in [0.15, 0.2) is 12.5 Å². The standard InChI is InChI=1S/C17H20N6O2S/c1-25-15(24)9-23-17-11(8-21-23)16(19-10-20-17)18-7-6-14-22-12-4-2-3-5-13(12)26-14/h8,10H,2-7,9H2,1H3,(H,18,19,20). The molecule has 0 radical (unpaired) electrons. The molecular weight excluding hydrogens is 352 g/mol. The van der Waals surface area contributed by atoms with E-state index in [2.05, 4.69) is 25.1 Å².